The molecule has 0 aliphatic carbocycles. The summed E-state index contributed by atoms with van der Waals surface area (Å²) < 4.78 is 5.88. The van der Waals surface area contributed by atoms with Gasteiger partial charge in [-0.05, 0) is 27.7 Å². The highest BCUT2D eigenvalue weighted by Gasteiger charge is 2.57. The number of hydroxylamine groups is 2. The second-order valence-electron chi connectivity index (χ2n) is 8.06. The van der Waals surface area contributed by atoms with Crippen molar-refractivity contribution in [3.63, 3.8) is 0 Å². The Morgan fingerprint density at radius 2 is 1.72 bits per heavy atom. The molecular weight excluding hydrogens is 322 g/mol. The number of nitrogens with two attached hydrogens (primary N) is 1. The molecule has 8 heteroatoms. The fourth-order valence-corrected chi connectivity index (χ4v) is 3.58. The van der Waals surface area contributed by atoms with Gasteiger partial charge < -0.3 is 31.4 Å². The third-order valence-corrected chi connectivity index (χ3v) is 4.49. The van der Waals surface area contributed by atoms with Crippen molar-refractivity contribution in [1.29, 1.82) is 0 Å². The van der Waals surface area contributed by atoms with Crippen LogP contribution in [0.1, 0.15) is 40.5 Å². The van der Waals surface area contributed by atoms with Crippen LogP contribution in [0.5, 0.6) is 0 Å². The molecule has 1 saturated heterocycles. The summed E-state index contributed by atoms with van der Waals surface area (Å²) in [5, 5.41) is 28.1. The first-order valence-corrected chi connectivity index (χ1v) is 8.90. The van der Waals surface area contributed by atoms with Crippen molar-refractivity contribution in [2.45, 2.75) is 63.4 Å². The summed E-state index contributed by atoms with van der Waals surface area (Å²) in [6.07, 6.45) is 0.0747. The van der Waals surface area contributed by atoms with Gasteiger partial charge in [0, 0.05) is 32.7 Å². The van der Waals surface area contributed by atoms with Gasteiger partial charge in [-0.1, -0.05) is 0 Å². The summed E-state index contributed by atoms with van der Waals surface area (Å²) in [4.78, 5) is 3.74. The van der Waals surface area contributed by atoms with Crippen LogP contribution in [0, 0.1) is 6.57 Å². The van der Waals surface area contributed by atoms with Crippen molar-refractivity contribution in [3.8, 4) is 0 Å². The summed E-state index contributed by atoms with van der Waals surface area (Å²) in [5.41, 5.74) is 3.20. The largest absolute Gasteiger partial charge is 0.389 e. The topological polar surface area (TPSA) is 107 Å². The van der Waals surface area contributed by atoms with Crippen LogP contribution in [-0.2, 0) is 4.74 Å². The monoisotopic (exact) mass is 357 g/mol. The Morgan fingerprint density at radius 1 is 1.16 bits per heavy atom. The minimum absolute atomic E-state index is 0.0865. The van der Waals surface area contributed by atoms with Crippen LogP contribution in [0.15, 0.2) is 0 Å². The number of nitrogens with one attached hydrogen (secondary N) is 2. The molecule has 0 spiro atoms. The van der Waals surface area contributed by atoms with Crippen molar-refractivity contribution < 1.29 is 15.1 Å². The molecule has 0 aromatic rings. The SMILES string of the molecule is [C-]#[N+]C1(OCC(O)CNCCNCCN)CC(C)(C)N(O)C(C)(C)C1. The first-order valence-electron chi connectivity index (χ1n) is 8.90. The second kappa shape index (κ2) is 9.24. The standard InChI is InChI=1S/C17H35N5O3/c1-15(2)12-17(19-5,13-16(3,4)22(15)24)25-11-14(23)10-21-9-8-20-7-6-18/h14,20-21,23-24H,6-13,18H2,1-4H3. The third kappa shape index (κ3) is 6.46. The van der Waals surface area contributed by atoms with Crippen molar-refractivity contribution in [1.82, 2.24) is 15.7 Å². The van der Waals surface area contributed by atoms with E-state index in [1.54, 1.807) is 0 Å². The Hall–Kier alpha value is -0.790. The number of aliphatic hydroxyl groups excluding tert-OH is 1. The van der Waals surface area contributed by atoms with Crippen LogP contribution in [0.2, 0.25) is 0 Å². The minimum Gasteiger partial charge on any atom is -0.389 e. The van der Waals surface area contributed by atoms with Crippen LogP contribution in [0.3, 0.4) is 0 Å². The molecule has 1 unspecified atom stereocenters. The summed E-state index contributed by atoms with van der Waals surface area (Å²) in [5.74, 6) is 0. The Bertz CT molecular complexity index is 432. The van der Waals surface area contributed by atoms with Gasteiger partial charge >= 0.3 is 5.72 Å². The van der Waals surface area contributed by atoms with Crippen molar-refractivity contribution in [3.05, 3.63) is 11.4 Å². The molecule has 1 heterocycles. The van der Waals surface area contributed by atoms with E-state index in [-0.39, 0.29) is 6.61 Å². The Kier molecular flexibility index (Phi) is 8.22. The molecule has 0 saturated carbocycles. The lowest BCUT2D eigenvalue weighted by Crippen LogP contribution is -2.64. The molecule has 25 heavy (non-hydrogen) atoms. The predicted octanol–water partition coefficient (Wildman–Crippen LogP) is 0.160. The molecule has 1 aliphatic rings. The number of piperidine rings is 1. The normalized spacial score (nSPS) is 23.1. The van der Waals surface area contributed by atoms with E-state index in [9.17, 15) is 10.3 Å². The molecule has 1 fully saturated rings. The molecule has 146 valence electrons. The smallest absolute Gasteiger partial charge is 0.340 e. The van der Waals surface area contributed by atoms with Crippen LogP contribution in [0.4, 0.5) is 0 Å². The number of aliphatic hydroxyl groups is 1. The van der Waals surface area contributed by atoms with Crippen LogP contribution in [-0.4, -0.2) is 77.6 Å². The average Bonchev–Trinajstić information content (AvgIpc) is 2.53. The van der Waals surface area contributed by atoms with Gasteiger partial charge in [-0.3, -0.25) is 4.85 Å². The highest BCUT2D eigenvalue weighted by molar-refractivity contribution is 5.08. The molecule has 6 N–H and O–H groups in total. The first kappa shape index (κ1) is 22.3. The molecule has 0 aromatic heterocycles. The van der Waals surface area contributed by atoms with Gasteiger partial charge in [0.15, 0.2) is 0 Å². The fraction of sp³-hybridized carbons (Fsp3) is 0.941. The number of ether oxygens (including phenoxy) is 1. The van der Waals surface area contributed by atoms with Gasteiger partial charge in [-0.25, -0.2) is 6.57 Å². The van der Waals surface area contributed by atoms with Crippen molar-refractivity contribution in [2.75, 3.05) is 39.3 Å². The molecular formula is C17H35N5O3. The minimum atomic E-state index is -1.03. The van der Waals surface area contributed by atoms with Gasteiger partial charge in [0.1, 0.15) is 0 Å². The molecule has 0 aromatic carbocycles. The van der Waals surface area contributed by atoms with E-state index in [1.807, 2.05) is 27.7 Å². The van der Waals surface area contributed by atoms with E-state index in [2.05, 4.69) is 15.5 Å². The molecule has 0 bridgehead atoms. The number of nitrogens with zero attached hydrogens (tertiary/aromatic N) is 2. The molecule has 1 rings (SSSR count). The molecule has 8 nitrogen and oxygen atoms in total. The zero-order valence-electron chi connectivity index (χ0n) is 16.0. The van der Waals surface area contributed by atoms with E-state index in [0.29, 0.717) is 25.9 Å². The molecule has 1 aliphatic heterocycles. The Morgan fingerprint density at radius 3 is 2.24 bits per heavy atom. The van der Waals surface area contributed by atoms with E-state index in [4.69, 9.17) is 17.0 Å². The number of hydrogen-bond acceptors (Lipinski definition) is 7. The maximum atomic E-state index is 10.4. The van der Waals surface area contributed by atoms with E-state index in [0.717, 1.165) is 19.6 Å². The maximum Gasteiger partial charge on any atom is 0.340 e. The van der Waals surface area contributed by atoms with Gasteiger partial charge in [-0.15, -0.1) is 0 Å². The van der Waals surface area contributed by atoms with Gasteiger partial charge in [0.25, 0.3) is 0 Å². The van der Waals surface area contributed by atoms with Crippen molar-refractivity contribution in [2.24, 2.45) is 5.73 Å². The van der Waals surface area contributed by atoms with Crippen LogP contribution >= 0.6 is 0 Å². The second-order valence-corrected chi connectivity index (χ2v) is 8.06. The maximum absolute atomic E-state index is 10.4. The van der Waals surface area contributed by atoms with Gasteiger partial charge in [-0.2, -0.15) is 5.06 Å². The summed E-state index contributed by atoms with van der Waals surface area (Å²) >= 11 is 0. The Labute approximate surface area is 151 Å². The summed E-state index contributed by atoms with van der Waals surface area (Å²) in [6.45, 7) is 18.6. The zero-order chi connectivity index (χ0) is 19.1. The fourth-order valence-electron chi connectivity index (χ4n) is 3.58. The predicted molar refractivity (Wildman–Crippen MR) is 97.1 cm³/mol. The van der Waals surface area contributed by atoms with Crippen LogP contribution < -0.4 is 16.4 Å². The van der Waals surface area contributed by atoms with Gasteiger partial charge in [0.2, 0.25) is 0 Å². The van der Waals surface area contributed by atoms with E-state index >= 15 is 0 Å². The molecule has 0 amide bonds. The number of hydrogen-bond donors (Lipinski definition) is 5. The lowest BCUT2D eigenvalue weighted by molar-refractivity contribution is -0.275. The molecule has 0 radical (unpaired) electrons. The first-order chi connectivity index (χ1) is 11.6. The van der Waals surface area contributed by atoms with Crippen molar-refractivity contribution >= 4 is 0 Å². The van der Waals surface area contributed by atoms with Crippen LogP contribution in [0.25, 0.3) is 4.85 Å². The number of rotatable bonds is 10. The lowest BCUT2D eigenvalue weighted by Gasteiger charge is -2.51. The Balaban J connectivity index is 2.49. The summed E-state index contributed by atoms with van der Waals surface area (Å²) in [7, 11) is 0. The molecule has 1 atom stereocenters. The average molecular weight is 357 g/mol. The lowest BCUT2D eigenvalue weighted by atomic mass is 9.77. The van der Waals surface area contributed by atoms with Gasteiger partial charge in [0.05, 0.1) is 36.6 Å². The quantitative estimate of drug-likeness (QED) is 0.280. The third-order valence-electron chi connectivity index (χ3n) is 4.49. The highest BCUT2D eigenvalue weighted by atomic mass is 16.5. The highest BCUT2D eigenvalue weighted by Crippen LogP contribution is 2.44. The summed E-state index contributed by atoms with van der Waals surface area (Å²) in [6, 6.07) is 0. The zero-order valence-corrected chi connectivity index (χ0v) is 16.0. The van der Waals surface area contributed by atoms with E-state index < -0.39 is 22.9 Å². The van der Waals surface area contributed by atoms with E-state index in [1.165, 1.54) is 5.06 Å².